The summed E-state index contributed by atoms with van der Waals surface area (Å²) in [4.78, 5) is 4.39. The Balaban J connectivity index is 2.47. The average Bonchev–Trinajstić information content (AvgIpc) is 2.73. The third-order valence-electron chi connectivity index (χ3n) is 2.34. The van der Waals surface area contributed by atoms with Crippen molar-refractivity contribution in [1.29, 1.82) is 0 Å². The Morgan fingerprint density at radius 3 is 2.72 bits per heavy atom. The summed E-state index contributed by atoms with van der Waals surface area (Å²) in [7, 11) is 3.58. The number of nitrogens with one attached hydrogen (secondary N) is 1. The first-order chi connectivity index (χ1) is 8.44. The van der Waals surface area contributed by atoms with Gasteiger partial charge in [0, 0.05) is 24.3 Å². The molecular formula is C12H23N3O2S. The molecule has 6 heteroatoms. The van der Waals surface area contributed by atoms with E-state index in [2.05, 4.69) is 36.2 Å². The molecule has 0 saturated carbocycles. The van der Waals surface area contributed by atoms with Crippen LogP contribution >= 0.6 is 11.8 Å². The van der Waals surface area contributed by atoms with Crippen molar-refractivity contribution in [2.24, 2.45) is 0 Å². The summed E-state index contributed by atoms with van der Waals surface area (Å²) < 4.78 is 10.6. The fraction of sp³-hybridized carbons (Fsp3) is 0.833. The van der Waals surface area contributed by atoms with Crippen molar-refractivity contribution >= 4 is 11.8 Å². The number of nitrogens with zero attached hydrogens (tertiary/aromatic N) is 2. The van der Waals surface area contributed by atoms with E-state index in [0.717, 1.165) is 11.6 Å². The Morgan fingerprint density at radius 2 is 2.17 bits per heavy atom. The van der Waals surface area contributed by atoms with Gasteiger partial charge in [-0.2, -0.15) is 4.98 Å². The van der Waals surface area contributed by atoms with E-state index in [-0.39, 0.29) is 10.8 Å². The Labute approximate surface area is 113 Å². The van der Waals surface area contributed by atoms with Gasteiger partial charge in [-0.1, -0.05) is 25.9 Å². The molecule has 0 aliphatic heterocycles. The van der Waals surface area contributed by atoms with Crippen molar-refractivity contribution in [1.82, 2.24) is 15.5 Å². The summed E-state index contributed by atoms with van der Waals surface area (Å²) in [6, 6.07) is 0.207. The van der Waals surface area contributed by atoms with E-state index < -0.39 is 0 Å². The maximum Gasteiger partial charge on any atom is 0.228 e. The summed E-state index contributed by atoms with van der Waals surface area (Å²) in [6.07, 6.45) is 0.692. The van der Waals surface area contributed by atoms with Gasteiger partial charge in [0.05, 0.1) is 12.4 Å². The molecule has 0 amide bonds. The molecular weight excluding hydrogens is 250 g/mol. The number of hydrogen-bond donors (Lipinski definition) is 1. The van der Waals surface area contributed by atoms with Gasteiger partial charge in [0.15, 0.2) is 5.82 Å². The topological polar surface area (TPSA) is 60.2 Å². The molecule has 5 nitrogen and oxygen atoms in total. The van der Waals surface area contributed by atoms with Gasteiger partial charge in [-0.05, 0) is 7.05 Å². The van der Waals surface area contributed by atoms with E-state index in [9.17, 15) is 0 Å². The third-order valence-corrected chi connectivity index (χ3v) is 3.61. The van der Waals surface area contributed by atoms with E-state index in [0.29, 0.717) is 18.9 Å². The van der Waals surface area contributed by atoms with Crippen molar-refractivity contribution in [2.75, 3.05) is 20.8 Å². The van der Waals surface area contributed by atoms with E-state index in [1.165, 1.54) is 0 Å². The van der Waals surface area contributed by atoms with Crippen molar-refractivity contribution in [3.63, 3.8) is 0 Å². The van der Waals surface area contributed by atoms with Crippen LogP contribution in [0.15, 0.2) is 4.52 Å². The van der Waals surface area contributed by atoms with Gasteiger partial charge < -0.3 is 14.6 Å². The maximum atomic E-state index is 5.24. The highest BCUT2D eigenvalue weighted by atomic mass is 32.2. The molecule has 1 heterocycles. The van der Waals surface area contributed by atoms with Crippen LogP contribution in [0.25, 0.3) is 0 Å². The first-order valence-electron chi connectivity index (χ1n) is 6.06. The van der Waals surface area contributed by atoms with Crippen molar-refractivity contribution in [3.05, 3.63) is 11.7 Å². The number of likely N-dealkylation sites (N-methyl/N-ethyl adjacent to an activating group) is 1. The highest BCUT2D eigenvalue weighted by Gasteiger charge is 2.16. The molecule has 1 rings (SSSR count). The van der Waals surface area contributed by atoms with Crippen LogP contribution in [-0.2, 0) is 16.9 Å². The fourth-order valence-corrected chi connectivity index (χ4v) is 2.05. The van der Waals surface area contributed by atoms with Gasteiger partial charge in [0.1, 0.15) is 0 Å². The largest absolute Gasteiger partial charge is 0.383 e. The summed E-state index contributed by atoms with van der Waals surface area (Å²) in [6.45, 7) is 7.15. The number of hydrogen-bond acceptors (Lipinski definition) is 6. The monoisotopic (exact) mass is 273 g/mol. The first kappa shape index (κ1) is 15.5. The number of ether oxygens (including phenoxy) is 1. The van der Waals surface area contributed by atoms with Gasteiger partial charge >= 0.3 is 0 Å². The van der Waals surface area contributed by atoms with E-state index in [1.807, 2.05) is 18.8 Å². The normalized spacial score (nSPS) is 13.8. The molecule has 0 aliphatic carbocycles. The minimum atomic E-state index is 0.207. The van der Waals surface area contributed by atoms with Crippen molar-refractivity contribution in [2.45, 2.75) is 43.7 Å². The van der Waals surface area contributed by atoms with Crippen molar-refractivity contribution in [3.8, 4) is 0 Å². The number of rotatable bonds is 7. The van der Waals surface area contributed by atoms with E-state index in [1.54, 1.807) is 7.11 Å². The molecule has 18 heavy (non-hydrogen) atoms. The van der Waals surface area contributed by atoms with Gasteiger partial charge in [-0.15, -0.1) is 11.8 Å². The molecule has 0 aliphatic rings. The van der Waals surface area contributed by atoms with Gasteiger partial charge in [0.25, 0.3) is 0 Å². The molecule has 0 saturated heterocycles. The van der Waals surface area contributed by atoms with E-state index in [4.69, 9.17) is 9.26 Å². The van der Waals surface area contributed by atoms with E-state index >= 15 is 0 Å². The molecule has 1 aromatic heterocycles. The highest BCUT2D eigenvalue weighted by Crippen LogP contribution is 2.26. The number of thioether (sulfide) groups is 1. The molecule has 0 radical (unpaired) electrons. The predicted molar refractivity (Wildman–Crippen MR) is 73.8 cm³/mol. The number of methoxy groups -OCH3 is 1. The predicted octanol–water partition coefficient (Wildman–Crippen LogP) is 1.88. The lowest BCUT2D eigenvalue weighted by atomic mass is 10.2. The average molecular weight is 273 g/mol. The lowest BCUT2D eigenvalue weighted by Gasteiger charge is -2.15. The number of aromatic nitrogens is 2. The molecule has 1 N–H and O–H groups in total. The molecule has 0 spiro atoms. The summed E-state index contributed by atoms with van der Waals surface area (Å²) in [5.74, 6) is 2.20. The minimum Gasteiger partial charge on any atom is -0.383 e. The van der Waals surface area contributed by atoms with Gasteiger partial charge in [-0.25, -0.2) is 0 Å². The molecule has 0 bridgehead atoms. The molecule has 0 fully saturated rings. The van der Waals surface area contributed by atoms with Crippen LogP contribution in [0.3, 0.4) is 0 Å². The molecule has 1 aromatic rings. The summed E-state index contributed by atoms with van der Waals surface area (Å²) in [5, 5.41) is 7.15. The Kier molecular flexibility index (Phi) is 6.11. The first-order valence-corrected chi connectivity index (χ1v) is 7.05. The van der Waals surface area contributed by atoms with Crippen LogP contribution in [0.5, 0.6) is 0 Å². The lowest BCUT2D eigenvalue weighted by molar-refractivity contribution is 0.165. The van der Waals surface area contributed by atoms with Gasteiger partial charge in [-0.3, -0.25) is 0 Å². The Morgan fingerprint density at radius 1 is 1.44 bits per heavy atom. The summed E-state index contributed by atoms with van der Waals surface area (Å²) in [5.41, 5.74) is 0. The standard InChI is InChI=1S/C12H23N3O2S/c1-12(2,3)18-8-10-14-11(17-15-10)6-9(13-4)7-16-5/h9,13H,6-8H2,1-5H3. The molecule has 1 unspecified atom stereocenters. The zero-order valence-electron chi connectivity index (χ0n) is 11.8. The Hall–Kier alpha value is -0.590. The molecule has 0 aromatic carbocycles. The smallest absolute Gasteiger partial charge is 0.228 e. The highest BCUT2D eigenvalue weighted by molar-refractivity contribution is 7.99. The molecule has 1 atom stereocenters. The third kappa shape index (κ3) is 5.84. The quantitative estimate of drug-likeness (QED) is 0.818. The van der Waals surface area contributed by atoms with Crippen LogP contribution in [0, 0.1) is 0 Å². The van der Waals surface area contributed by atoms with Crippen LogP contribution in [0.4, 0.5) is 0 Å². The zero-order chi connectivity index (χ0) is 13.6. The minimum absolute atomic E-state index is 0.207. The summed E-state index contributed by atoms with van der Waals surface area (Å²) >= 11 is 1.81. The second-order valence-corrected chi connectivity index (χ2v) is 6.95. The van der Waals surface area contributed by atoms with Crippen LogP contribution in [0.1, 0.15) is 32.5 Å². The zero-order valence-corrected chi connectivity index (χ0v) is 12.6. The Bertz CT molecular complexity index is 349. The van der Waals surface area contributed by atoms with Crippen LogP contribution in [0.2, 0.25) is 0 Å². The second-order valence-electron chi connectivity index (χ2n) is 5.15. The van der Waals surface area contributed by atoms with Crippen molar-refractivity contribution < 1.29 is 9.26 Å². The SMILES string of the molecule is CNC(COC)Cc1nc(CSC(C)(C)C)no1. The molecule has 104 valence electrons. The van der Waals surface area contributed by atoms with Crippen LogP contribution in [-0.4, -0.2) is 41.7 Å². The lowest BCUT2D eigenvalue weighted by Crippen LogP contribution is -2.32. The maximum absolute atomic E-state index is 5.24. The fourth-order valence-electron chi connectivity index (χ4n) is 1.37. The van der Waals surface area contributed by atoms with Crippen LogP contribution < -0.4 is 5.32 Å². The second kappa shape index (κ2) is 7.11. The van der Waals surface area contributed by atoms with Gasteiger partial charge in [0.2, 0.25) is 5.89 Å².